The zero-order chi connectivity index (χ0) is 18.7. The number of carbonyl (C=O) groups excluding carboxylic acids is 2. The van der Waals surface area contributed by atoms with E-state index in [2.05, 4.69) is 24.3 Å². The van der Waals surface area contributed by atoms with Crippen LogP contribution in [0.25, 0.3) is 0 Å². The third kappa shape index (κ3) is 4.56. The fourth-order valence-electron chi connectivity index (χ4n) is 3.65. The first-order valence-electron chi connectivity index (χ1n) is 9.73. The summed E-state index contributed by atoms with van der Waals surface area (Å²) in [6.07, 6.45) is 6.42. The molecule has 0 aromatic carbocycles. The Balaban J connectivity index is 1.42. The van der Waals surface area contributed by atoms with Crippen molar-refractivity contribution in [2.45, 2.75) is 46.1 Å². The predicted octanol–water partition coefficient (Wildman–Crippen LogP) is 2.04. The van der Waals surface area contributed by atoms with E-state index in [1.807, 2.05) is 33.8 Å². The SMILES string of the molecule is Cc1cnn(C2CN(C(=O)CC3CCCN(C(=O)NCC(C)C)C3)C2)c1. The summed E-state index contributed by atoms with van der Waals surface area (Å²) in [5.74, 6) is 0.922. The number of aryl methyl sites for hydroxylation is 1. The van der Waals surface area contributed by atoms with Gasteiger partial charge >= 0.3 is 6.03 Å². The Labute approximate surface area is 155 Å². The number of hydrogen-bond donors (Lipinski definition) is 1. The number of hydrogen-bond acceptors (Lipinski definition) is 3. The van der Waals surface area contributed by atoms with E-state index in [-0.39, 0.29) is 17.9 Å². The number of carbonyl (C=O) groups is 2. The molecule has 1 aromatic rings. The highest BCUT2D eigenvalue weighted by Crippen LogP contribution is 2.25. The van der Waals surface area contributed by atoms with Gasteiger partial charge in [-0.1, -0.05) is 13.8 Å². The summed E-state index contributed by atoms with van der Waals surface area (Å²) in [7, 11) is 0. The summed E-state index contributed by atoms with van der Waals surface area (Å²) in [5.41, 5.74) is 1.15. The highest BCUT2D eigenvalue weighted by molar-refractivity contribution is 5.78. The van der Waals surface area contributed by atoms with Gasteiger partial charge in [-0.25, -0.2) is 4.79 Å². The summed E-state index contributed by atoms with van der Waals surface area (Å²) >= 11 is 0. The Hall–Kier alpha value is -2.05. The van der Waals surface area contributed by atoms with Crippen LogP contribution >= 0.6 is 0 Å². The molecule has 1 atom stereocenters. The Morgan fingerprint density at radius 2 is 2.04 bits per heavy atom. The number of likely N-dealkylation sites (tertiary alicyclic amines) is 2. The second-order valence-corrected chi connectivity index (χ2v) is 8.19. The molecule has 3 amide bonds. The van der Waals surface area contributed by atoms with E-state index in [0.29, 0.717) is 31.5 Å². The van der Waals surface area contributed by atoms with Gasteiger partial charge in [0.25, 0.3) is 0 Å². The fourth-order valence-corrected chi connectivity index (χ4v) is 3.65. The van der Waals surface area contributed by atoms with Crippen molar-refractivity contribution in [1.29, 1.82) is 0 Å². The van der Waals surface area contributed by atoms with E-state index < -0.39 is 0 Å². The molecular weight excluding hydrogens is 330 g/mol. The lowest BCUT2D eigenvalue weighted by Gasteiger charge is -2.40. The Morgan fingerprint density at radius 3 is 2.69 bits per heavy atom. The number of piperidine rings is 1. The molecule has 3 rings (SSSR count). The van der Waals surface area contributed by atoms with Crippen LogP contribution in [0.1, 0.15) is 44.7 Å². The second kappa shape index (κ2) is 8.10. The maximum absolute atomic E-state index is 12.5. The Kier molecular flexibility index (Phi) is 5.84. The van der Waals surface area contributed by atoms with Crippen LogP contribution in [0, 0.1) is 18.8 Å². The van der Waals surface area contributed by atoms with Crippen LogP contribution in [0.2, 0.25) is 0 Å². The lowest BCUT2D eigenvalue weighted by atomic mass is 9.93. The number of amides is 3. The summed E-state index contributed by atoms with van der Waals surface area (Å²) in [5, 5.41) is 7.31. The molecule has 2 aliphatic rings. The molecule has 7 nitrogen and oxygen atoms in total. The largest absolute Gasteiger partial charge is 0.338 e. The minimum Gasteiger partial charge on any atom is -0.338 e. The summed E-state index contributed by atoms with van der Waals surface area (Å²) in [4.78, 5) is 28.6. The number of nitrogens with one attached hydrogen (secondary N) is 1. The first kappa shape index (κ1) is 18.7. The van der Waals surface area contributed by atoms with Crippen molar-refractivity contribution < 1.29 is 9.59 Å². The van der Waals surface area contributed by atoms with Gasteiger partial charge in [0.1, 0.15) is 0 Å². The Morgan fingerprint density at radius 1 is 1.27 bits per heavy atom. The molecule has 144 valence electrons. The molecule has 3 heterocycles. The maximum atomic E-state index is 12.5. The third-order valence-corrected chi connectivity index (χ3v) is 5.25. The molecule has 1 aromatic heterocycles. The lowest BCUT2D eigenvalue weighted by Crippen LogP contribution is -2.52. The number of rotatable bonds is 5. The average Bonchev–Trinajstić information content (AvgIpc) is 2.97. The highest BCUT2D eigenvalue weighted by Gasteiger charge is 2.34. The van der Waals surface area contributed by atoms with Gasteiger partial charge in [0.15, 0.2) is 0 Å². The zero-order valence-electron chi connectivity index (χ0n) is 16.1. The van der Waals surface area contributed by atoms with Crippen LogP contribution in [-0.4, -0.2) is 64.2 Å². The number of nitrogens with zero attached hydrogens (tertiary/aromatic N) is 4. The van der Waals surface area contributed by atoms with Gasteiger partial charge in [0.2, 0.25) is 5.91 Å². The molecule has 0 spiro atoms. The van der Waals surface area contributed by atoms with Crippen molar-refractivity contribution in [3.63, 3.8) is 0 Å². The average molecular weight is 361 g/mol. The van der Waals surface area contributed by atoms with Crippen LogP contribution in [-0.2, 0) is 4.79 Å². The van der Waals surface area contributed by atoms with E-state index in [9.17, 15) is 9.59 Å². The number of urea groups is 1. The molecular formula is C19H31N5O2. The third-order valence-electron chi connectivity index (χ3n) is 5.25. The molecule has 2 aliphatic heterocycles. The van der Waals surface area contributed by atoms with Crippen molar-refractivity contribution in [1.82, 2.24) is 24.9 Å². The minimum absolute atomic E-state index is 0.00825. The van der Waals surface area contributed by atoms with Crippen LogP contribution in [0.4, 0.5) is 4.79 Å². The first-order valence-corrected chi connectivity index (χ1v) is 9.73. The van der Waals surface area contributed by atoms with Gasteiger partial charge in [0, 0.05) is 45.3 Å². The van der Waals surface area contributed by atoms with Crippen LogP contribution in [0.3, 0.4) is 0 Å². The smallest absolute Gasteiger partial charge is 0.317 e. The molecule has 7 heteroatoms. The molecule has 0 aliphatic carbocycles. The Bertz CT molecular complexity index is 636. The molecule has 1 unspecified atom stereocenters. The lowest BCUT2D eigenvalue weighted by molar-refractivity contribution is -0.138. The van der Waals surface area contributed by atoms with Crippen LogP contribution in [0.15, 0.2) is 12.4 Å². The molecule has 0 radical (unpaired) electrons. The minimum atomic E-state index is 0.00825. The normalized spacial score (nSPS) is 21.0. The summed E-state index contributed by atoms with van der Waals surface area (Å²) < 4.78 is 1.96. The zero-order valence-corrected chi connectivity index (χ0v) is 16.1. The van der Waals surface area contributed by atoms with E-state index in [0.717, 1.165) is 38.0 Å². The molecule has 0 saturated carbocycles. The number of aromatic nitrogens is 2. The molecule has 1 N–H and O–H groups in total. The van der Waals surface area contributed by atoms with E-state index in [1.165, 1.54) is 0 Å². The highest BCUT2D eigenvalue weighted by atomic mass is 16.2. The van der Waals surface area contributed by atoms with E-state index in [1.54, 1.807) is 0 Å². The van der Waals surface area contributed by atoms with E-state index >= 15 is 0 Å². The second-order valence-electron chi connectivity index (χ2n) is 8.19. The standard InChI is InChI=1S/C19H31N5O2/c1-14(2)8-20-19(26)22-6-4-5-16(11-22)7-18(25)23-12-17(13-23)24-10-15(3)9-21-24/h9-10,14,16-17H,4-8,11-13H2,1-3H3,(H,20,26). The quantitative estimate of drug-likeness (QED) is 0.872. The summed E-state index contributed by atoms with van der Waals surface area (Å²) in [6.45, 7) is 9.85. The van der Waals surface area contributed by atoms with E-state index in [4.69, 9.17) is 0 Å². The van der Waals surface area contributed by atoms with Gasteiger partial charge in [-0.3, -0.25) is 9.48 Å². The van der Waals surface area contributed by atoms with Gasteiger partial charge in [0.05, 0.1) is 12.2 Å². The molecule has 0 bridgehead atoms. The van der Waals surface area contributed by atoms with Gasteiger partial charge < -0.3 is 15.1 Å². The monoisotopic (exact) mass is 361 g/mol. The van der Waals surface area contributed by atoms with Gasteiger partial charge in [-0.15, -0.1) is 0 Å². The first-order chi connectivity index (χ1) is 12.4. The topological polar surface area (TPSA) is 70.5 Å². The summed E-state index contributed by atoms with van der Waals surface area (Å²) in [6, 6.07) is 0.311. The predicted molar refractivity (Wildman–Crippen MR) is 99.7 cm³/mol. The van der Waals surface area contributed by atoms with Crippen molar-refractivity contribution in [2.24, 2.45) is 11.8 Å². The van der Waals surface area contributed by atoms with Gasteiger partial charge in [-0.2, -0.15) is 5.10 Å². The van der Waals surface area contributed by atoms with Crippen molar-refractivity contribution in [3.05, 3.63) is 18.0 Å². The van der Waals surface area contributed by atoms with Crippen molar-refractivity contribution >= 4 is 11.9 Å². The fraction of sp³-hybridized carbons (Fsp3) is 0.737. The van der Waals surface area contributed by atoms with Crippen molar-refractivity contribution in [3.8, 4) is 0 Å². The van der Waals surface area contributed by atoms with Crippen LogP contribution in [0.5, 0.6) is 0 Å². The maximum Gasteiger partial charge on any atom is 0.317 e. The molecule has 2 fully saturated rings. The van der Waals surface area contributed by atoms with Crippen molar-refractivity contribution in [2.75, 3.05) is 32.7 Å². The van der Waals surface area contributed by atoms with Crippen LogP contribution < -0.4 is 5.32 Å². The van der Waals surface area contributed by atoms with Gasteiger partial charge in [-0.05, 0) is 37.2 Å². The molecule has 2 saturated heterocycles. The molecule has 26 heavy (non-hydrogen) atoms.